The summed E-state index contributed by atoms with van der Waals surface area (Å²) in [5.41, 5.74) is 3.54. The van der Waals surface area contributed by atoms with Crippen molar-refractivity contribution < 1.29 is 4.39 Å². The summed E-state index contributed by atoms with van der Waals surface area (Å²) < 4.78 is 12.9. The summed E-state index contributed by atoms with van der Waals surface area (Å²) in [5.74, 6) is 1.60. The van der Waals surface area contributed by atoms with Crippen LogP contribution >= 0.6 is 0 Å². The maximum absolute atomic E-state index is 12.9. The maximum atomic E-state index is 12.9. The van der Waals surface area contributed by atoms with Gasteiger partial charge in [0.15, 0.2) is 5.83 Å². The van der Waals surface area contributed by atoms with Crippen molar-refractivity contribution in [1.82, 2.24) is 0 Å². The first-order valence-electron chi connectivity index (χ1n) is 10.7. The largest absolute Gasteiger partial charge is 0.199 e. The van der Waals surface area contributed by atoms with E-state index in [1.807, 2.05) is 18.2 Å². The third-order valence-electron chi connectivity index (χ3n) is 6.79. The van der Waals surface area contributed by atoms with Crippen LogP contribution in [0.5, 0.6) is 0 Å². The van der Waals surface area contributed by atoms with Crippen LogP contribution in [-0.2, 0) is 0 Å². The number of benzene rings is 1. The van der Waals surface area contributed by atoms with E-state index in [0.717, 1.165) is 31.2 Å². The number of allylic oxidation sites excluding steroid dienone is 5. The van der Waals surface area contributed by atoms with Gasteiger partial charge in [0.2, 0.25) is 0 Å². The molecular formula is C26H29FN2. The second-order valence-corrected chi connectivity index (χ2v) is 8.48. The molecule has 0 unspecified atom stereocenters. The van der Waals surface area contributed by atoms with E-state index in [9.17, 15) is 4.39 Å². The predicted octanol–water partition coefficient (Wildman–Crippen LogP) is 7.13. The smallest absolute Gasteiger partial charge is 0.195 e. The zero-order valence-electron chi connectivity index (χ0n) is 17.0. The highest BCUT2D eigenvalue weighted by Crippen LogP contribution is 2.43. The Labute approximate surface area is 174 Å². The highest BCUT2D eigenvalue weighted by Gasteiger charge is 2.29. The Morgan fingerprint density at radius 3 is 2.07 bits per heavy atom. The number of rotatable bonds is 5. The molecule has 0 N–H and O–H groups in total. The van der Waals surface area contributed by atoms with E-state index in [1.165, 1.54) is 49.0 Å². The molecule has 1 aromatic rings. The van der Waals surface area contributed by atoms with Crippen LogP contribution in [0.3, 0.4) is 0 Å². The molecule has 0 atom stereocenters. The molecule has 0 amide bonds. The molecule has 0 spiro atoms. The van der Waals surface area contributed by atoms with E-state index >= 15 is 0 Å². The van der Waals surface area contributed by atoms with Gasteiger partial charge in [-0.15, -0.1) is 0 Å². The van der Waals surface area contributed by atoms with Gasteiger partial charge < -0.3 is 0 Å². The zero-order chi connectivity index (χ0) is 20.6. The Balaban J connectivity index is 1.45. The SMILES string of the molecule is C=C(C1CCC(/C=C/C=C(\F)C#N)CC1)C1CCC(c2ccc(C#N)cc2)CC1. The van der Waals surface area contributed by atoms with Crippen LogP contribution in [-0.4, -0.2) is 0 Å². The number of hydrogen-bond donors (Lipinski definition) is 0. The van der Waals surface area contributed by atoms with Gasteiger partial charge in [-0.1, -0.05) is 36.4 Å². The predicted molar refractivity (Wildman–Crippen MR) is 114 cm³/mol. The summed E-state index contributed by atoms with van der Waals surface area (Å²) in [6.07, 6.45) is 14.3. The molecule has 3 heteroatoms. The van der Waals surface area contributed by atoms with Gasteiger partial charge in [0, 0.05) is 0 Å². The molecule has 0 aromatic heterocycles. The minimum absolute atomic E-state index is 0.480. The van der Waals surface area contributed by atoms with E-state index in [4.69, 9.17) is 10.5 Å². The van der Waals surface area contributed by atoms with Gasteiger partial charge in [0.1, 0.15) is 6.07 Å². The molecule has 1 aromatic carbocycles. The molecule has 150 valence electrons. The summed E-state index contributed by atoms with van der Waals surface area (Å²) in [7, 11) is 0. The average molecular weight is 389 g/mol. The summed E-state index contributed by atoms with van der Waals surface area (Å²) in [5, 5.41) is 17.4. The lowest BCUT2D eigenvalue weighted by Gasteiger charge is -2.36. The van der Waals surface area contributed by atoms with E-state index in [0.29, 0.717) is 23.7 Å². The van der Waals surface area contributed by atoms with Gasteiger partial charge >= 0.3 is 0 Å². The lowest BCUT2D eigenvalue weighted by molar-refractivity contribution is 0.290. The Bertz CT molecular complexity index is 834. The van der Waals surface area contributed by atoms with Crippen molar-refractivity contribution in [1.29, 1.82) is 10.5 Å². The zero-order valence-corrected chi connectivity index (χ0v) is 17.0. The minimum atomic E-state index is -0.736. The van der Waals surface area contributed by atoms with E-state index in [2.05, 4.69) is 24.8 Å². The first-order chi connectivity index (χ1) is 14.1. The van der Waals surface area contributed by atoms with E-state index in [1.54, 1.807) is 6.08 Å². The second-order valence-electron chi connectivity index (χ2n) is 8.48. The quantitative estimate of drug-likeness (QED) is 0.306. The third-order valence-corrected chi connectivity index (χ3v) is 6.79. The molecule has 2 aliphatic carbocycles. The molecule has 0 saturated heterocycles. The van der Waals surface area contributed by atoms with Crippen LogP contribution in [0.15, 0.2) is 60.5 Å². The molecule has 0 bridgehead atoms. The van der Waals surface area contributed by atoms with Crippen LogP contribution in [0.25, 0.3) is 0 Å². The fourth-order valence-electron chi connectivity index (χ4n) is 4.98. The molecule has 2 fully saturated rings. The number of nitrogens with zero attached hydrogens (tertiary/aromatic N) is 2. The van der Waals surface area contributed by atoms with Gasteiger partial charge in [-0.05, 0) is 98.8 Å². The molecule has 2 aliphatic rings. The Morgan fingerprint density at radius 1 is 0.931 bits per heavy atom. The first kappa shape index (κ1) is 21.1. The number of hydrogen-bond acceptors (Lipinski definition) is 2. The lowest BCUT2D eigenvalue weighted by atomic mass is 9.70. The maximum Gasteiger partial charge on any atom is 0.199 e. The van der Waals surface area contributed by atoms with Gasteiger partial charge in [0.05, 0.1) is 11.6 Å². The minimum Gasteiger partial charge on any atom is -0.195 e. The lowest BCUT2D eigenvalue weighted by Crippen LogP contribution is -2.22. The van der Waals surface area contributed by atoms with Gasteiger partial charge in [0.25, 0.3) is 0 Å². The molecular weight excluding hydrogens is 359 g/mol. The van der Waals surface area contributed by atoms with Crippen molar-refractivity contribution in [2.24, 2.45) is 17.8 Å². The highest BCUT2D eigenvalue weighted by atomic mass is 19.1. The summed E-state index contributed by atoms with van der Waals surface area (Å²) in [6, 6.07) is 11.8. The van der Waals surface area contributed by atoms with Crippen molar-refractivity contribution in [2.75, 3.05) is 0 Å². The van der Waals surface area contributed by atoms with Crippen LogP contribution in [0.1, 0.15) is 68.4 Å². The van der Waals surface area contributed by atoms with Crippen molar-refractivity contribution in [3.05, 3.63) is 71.6 Å². The number of nitriles is 2. The third kappa shape index (κ3) is 5.68. The fourth-order valence-corrected chi connectivity index (χ4v) is 4.98. The monoisotopic (exact) mass is 388 g/mol. The summed E-state index contributed by atoms with van der Waals surface area (Å²) in [6.45, 7) is 4.49. The van der Waals surface area contributed by atoms with Crippen LogP contribution in [0, 0.1) is 40.4 Å². The van der Waals surface area contributed by atoms with Crippen molar-refractivity contribution in [2.45, 2.75) is 57.3 Å². The van der Waals surface area contributed by atoms with Gasteiger partial charge in [-0.2, -0.15) is 14.9 Å². The molecule has 2 nitrogen and oxygen atoms in total. The first-order valence-corrected chi connectivity index (χ1v) is 10.7. The van der Waals surface area contributed by atoms with E-state index in [-0.39, 0.29) is 0 Å². The van der Waals surface area contributed by atoms with Crippen molar-refractivity contribution >= 4 is 0 Å². The Hall–Kier alpha value is -2.65. The van der Waals surface area contributed by atoms with Gasteiger partial charge in [-0.3, -0.25) is 0 Å². The Kier molecular flexibility index (Phi) is 7.42. The summed E-state index contributed by atoms with van der Waals surface area (Å²) >= 11 is 0. The standard InChI is InChI=1S/C26H29FN2/c1-19(22-9-5-20(6-10-22)3-2-4-26(27)18-29)23-13-15-25(16-14-23)24-11-7-21(17-28)8-12-24/h2-4,7-8,11-12,20,22-23,25H,1,5-6,9-10,13-16H2/b3-2+,26-4-. The van der Waals surface area contributed by atoms with Crippen molar-refractivity contribution in [3.8, 4) is 12.1 Å². The topological polar surface area (TPSA) is 47.6 Å². The molecule has 0 aliphatic heterocycles. The average Bonchev–Trinajstić information content (AvgIpc) is 2.79. The normalized spacial score (nSPS) is 27.9. The molecule has 0 heterocycles. The van der Waals surface area contributed by atoms with E-state index < -0.39 is 5.83 Å². The highest BCUT2D eigenvalue weighted by molar-refractivity contribution is 5.33. The summed E-state index contributed by atoms with van der Waals surface area (Å²) in [4.78, 5) is 0. The van der Waals surface area contributed by atoms with Crippen LogP contribution < -0.4 is 0 Å². The molecule has 3 rings (SSSR count). The Morgan fingerprint density at radius 2 is 1.52 bits per heavy atom. The van der Waals surface area contributed by atoms with Gasteiger partial charge in [-0.25, -0.2) is 0 Å². The van der Waals surface area contributed by atoms with Crippen LogP contribution in [0.2, 0.25) is 0 Å². The fraction of sp³-hybridized carbons (Fsp3) is 0.462. The van der Waals surface area contributed by atoms with Crippen LogP contribution in [0.4, 0.5) is 4.39 Å². The molecule has 2 saturated carbocycles. The molecule has 29 heavy (non-hydrogen) atoms. The van der Waals surface area contributed by atoms with Crippen molar-refractivity contribution in [3.63, 3.8) is 0 Å². The second kappa shape index (κ2) is 10.2. The molecule has 0 radical (unpaired) electrons. The number of halogens is 1.